The van der Waals surface area contributed by atoms with Gasteiger partial charge in [0.05, 0.1) is 6.26 Å². The molecule has 2 heterocycles. The fraction of sp³-hybridized carbons (Fsp3) is 0.385. The van der Waals surface area contributed by atoms with Crippen LogP contribution in [0.1, 0.15) is 19.4 Å². The molecule has 0 aliphatic carbocycles. The lowest BCUT2D eigenvalue weighted by Gasteiger charge is -2.06. The van der Waals surface area contributed by atoms with Crippen LogP contribution >= 0.6 is 0 Å². The zero-order valence-electron chi connectivity index (χ0n) is 10.2. The highest BCUT2D eigenvalue weighted by Gasteiger charge is 2.03. The predicted molar refractivity (Wildman–Crippen MR) is 66.3 cm³/mol. The summed E-state index contributed by atoms with van der Waals surface area (Å²) in [6.07, 6.45) is 5.28. The lowest BCUT2D eigenvalue weighted by Crippen LogP contribution is -2.19. The number of hydrogen-bond acceptors (Lipinski definition) is 4. The number of hydrogen-bond donors (Lipinski definition) is 1. The lowest BCUT2D eigenvalue weighted by molar-refractivity contribution is 0.551. The minimum Gasteiger partial charge on any atom is -0.461 e. The Morgan fingerprint density at radius 1 is 1.29 bits per heavy atom. The standard InChI is InChI=1S/C13H17N3O/c1-10(2)6-14-7-11-8-15-13(16-9-11)12-4-3-5-17-12/h3-5,8-10,14H,6-7H2,1-2H3. The molecule has 0 spiro atoms. The summed E-state index contributed by atoms with van der Waals surface area (Å²) in [5, 5.41) is 3.35. The summed E-state index contributed by atoms with van der Waals surface area (Å²) in [5.41, 5.74) is 1.08. The third kappa shape index (κ3) is 3.39. The molecule has 0 unspecified atom stereocenters. The smallest absolute Gasteiger partial charge is 0.195 e. The lowest BCUT2D eigenvalue weighted by atomic mass is 10.2. The average molecular weight is 231 g/mol. The normalized spacial score (nSPS) is 11.0. The van der Waals surface area contributed by atoms with E-state index in [2.05, 4.69) is 29.1 Å². The van der Waals surface area contributed by atoms with Crippen LogP contribution in [0.3, 0.4) is 0 Å². The zero-order chi connectivity index (χ0) is 12.1. The maximum absolute atomic E-state index is 5.23. The van der Waals surface area contributed by atoms with Crippen molar-refractivity contribution >= 4 is 0 Å². The Morgan fingerprint density at radius 3 is 2.65 bits per heavy atom. The third-order valence-electron chi connectivity index (χ3n) is 2.33. The molecule has 0 amide bonds. The fourth-order valence-corrected chi connectivity index (χ4v) is 1.48. The van der Waals surface area contributed by atoms with Gasteiger partial charge in [-0.15, -0.1) is 0 Å². The maximum atomic E-state index is 5.23. The molecule has 90 valence electrons. The molecule has 0 aliphatic rings. The van der Waals surface area contributed by atoms with Crippen molar-refractivity contribution in [1.82, 2.24) is 15.3 Å². The van der Waals surface area contributed by atoms with E-state index in [1.54, 1.807) is 6.26 Å². The van der Waals surface area contributed by atoms with Crippen molar-refractivity contribution in [2.24, 2.45) is 5.92 Å². The second-order valence-electron chi connectivity index (χ2n) is 4.42. The molecule has 4 nitrogen and oxygen atoms in total. The quantitative estimate of drug-likeness (QED) is 0.859. The molecular weight excluding hydrogens is 214 g/mol. The second kappa shape index (κ2) is 5.59. The Kier molecular flexibility index (Phi) is 3.88. The van der Waals surface area contributed by atoms with Gasteiger partial charge in [0, 0.05) is 24.5 Å². The van der Waals surface area contributed by atoms with Gasteiger partial charge in [0.25, 0.3) is 0 Å². The molecule has 2 aromatic rings. The van der Waals surface area contributed by atoms with Gasteiger partial charge in [-0.3, -0.25) is 0 Å². The Balaban J connectivity index is 1.94. The second-order valence-corrected chi connectivity index (χ2v) is 4.42. The van der Waals surface area contributed by atoms with Crippen molar-refractivity contribution in [1.29, 1.82) is 0 Å². The van der Waals surface area contributed by atoms with Crippen molar-refractivity contribution < 1.29 is 4.42 Å². The first-order valence-corrected chi connectivity index (χ1v) is 5.81. The summed E-state index contributed by atoms with van der Waals surface area (Å²) in [5.74, 6) is 1.98. The molecule has 0 bridgehead atoms. The van der Waals surface area contributed by atoms with E-state index in [1.165, 1.54) is 0 Å². The van der Waals surface area contributed by atoms with Crippen LogP contribution in [0.15, 0.2) is 35.2 Å². The number of nitrogens with one attached hydrogen (secondary N) is 1. The summed E-state index contributed by atoms with van der Waals surface area (Å²) in [6, 6.07) is 3.68. The van der Waals surface area contributed by atoms with Crippen LogP contribution in [0.5, 0.6) is 0 Å². The highest BCUT2D eigenvalue weighted by atomic mass is 16.3. The van der Waals surface area contributed by atoms with Gasteiger partial charge in [-0.25, -0.2) is 9.97 Å². The summed E-state index contributed by atoms with van der Waals surface area (Å²) in [7, 11) is 0. The van der Waals surface area contributed by atoms with Crippen LogP contribution in [0.4, 0.5) is 0 Å². The summed E-state index contributed by atoms with van der Waals surface area (Å²) >= 11 is 0. The summed E-state index contributed by atoms with van der Waals surface area (Å²) in [4.78, 5) is 8.55. The van der Waals surface area contributed by atoms with Crippen LogP contribution in [0, 0.1) is 5.92 Å². The first-order chi connectivity index (χ1) is 8.25. The first kappa shape index (κ1) is 11.8. The van der Waals surface area contributed by atoms with Crippen LogP contribution < -0.4 is 5.32 Å². The van der Waals surface area contributed by atoms with Gasteiger partial charge >= 0.3 is 0 Å². The molecule has 0 aromatic carbocycles. The molecule has 0 radical (unpaired) electrons. The molecule has 4 heteroatoms. The van der Waals surface area contributed by atoms with E-state index < -0.39 is 0 Å². The van der Waals surface area contributed by atoms with Crippen molar-refractivity contribution in [2.75, 3.05) is 6.54 Å². The van der Waals surface area contributed by atoms with Crippen LogP contribution in [0.2, 0.25) is 0 Å². The first-order valence-electron chi connectivity index (χ1n) is 5.81. The monoisotopic (exact) mass is 231 g/mol. The van der Waals surface area contributed by atoms with Gasteiger partial charge in [0.1, 0.15) is 0 Å². The van der Waals surface area contributed by atoms with E-state index in [4.69, 9.17) is 4.42 Å². The summed E-state index contributed by atoms with van der Waals surface area (Å²) in [6.45, 7) is 6.17. The van der Waals surface area contributed by atoms with E-state index in [-0.39, 0.29) is 0 Å². The fourth-order valence-electron chi connectivity index (χ4n) is 1.48. The van der Waals surface area contributed by atoms with E-state index >= 15 is 0 Å². The maximum Gasteiger partial charge on any atom is 0.195 e. The molecule has 2 rings (SSSR count). The highest BCUT2D eigenvalue weighted by Crippen LogP contribution is 2.13. The van der Waals surface area contributed by atoms with Gasteiger partial charge in [-0.2, -0.15) is 0 Å². The molecule has 0 atom stereocenters. The molecular formula is C13H17N3O. The Morgan fingerprint density at radius 2 is 2.06 bits per heavy atom. The van der Waals surface area contributed by atoms with Crippen LogP contribution in [-0.4, -0.2) is 16.5 Å². The molecule has 0 aliphatic heterocycles. The van der Waals surface area contributed by atoms with E-state index in [0.717, 1.165) is 18.7 Å². The topological polar surface area (TPSA) is 51.0 Å². The zero-order valence-corrected chi connectivity index (χ0v) is 10.2. The minimum absolute atomic E-state index is 0.627. The van der Waals surface area contributed by atoms with Crippen molar-refractivity contribution in [2.45, 2.75) is 20.4 Å². The van der Waals surface area contributed by atoms with Gasteiger partial charge in [0.15, 0.2) is 11.6 Å². The van der Waals surface area contributed by atoms with E-state index in [1.807, 2.05) is 24.5 Å². The van der Waals surface area contributed by atoms with Gasteiger partial charge in [0.2, 0.25) is 0 Å². The van der Waals surface area contributed by atoms with E-state index in [0.29, 0.717) is 17.5 Å². The van der Waals surface area contributed by atoms with E-state index in [9.17, 15) is 0 Å². The number of rotatable bonds is 5. The Hall–Kier alpha value is -1.68. The Bertz CT molecular complexity index is 434. The molecule has 1 N–H and O–H groups in total. The Labute approximate surface area is 101 Å². The van der Waals surface area contributed by atoms with Crippen molar-refractivity contribution in [3.05, 3.63) is 36.4 Å². The molecule has 0 saturated heterocycles. The van der Waals surface area contributed by atoms with Crippen molar-refractivity contribution in [3.63, 3.8) is 0 Å². The summed E-state index contributed by atoms with van der Waals surface area (Å²) < 4.78 is 5.23. The molecule has 0 fully saturated rings. The molecule has 17 heavy (non-hydrogen) atoms. The van der Waals surface area contributed by atoms with Gasteiger partial charge in [-0.1, -0.05) is 13.8 Å². The van der Waals surface area contributed by atoms with Gasteiger partial charge < -0.3 is 9.73 Å². The minimum atomic E-state index is 0.627. The predicted octanol–water partition coefficient (Wildman–Crippen LogP) is 2.48. The average Bonchev–Trinajstić information content (AvgIpc) is 2.83. The number of furan rings is 1. The SMILES string of the molecule is CC(C)CNCc1cnc(-c2ccco2)nc1. The van der Waals surface area contributed by atoms with Crippen LogP contribution in [0.25, 0.3) is 11.6 Å². The van der Waals surface area contributed by atoms with Crippen LogP contribution in [-0.2, 0) is 6.54 Å². The van der Waals surface area contributed by atoms with Gasteiger partial charge in [-0.05, 0) is 24.6 Å². The van der Waals surface area contributed by atoms with Crippen molar-refractivity contribution in [3.8, 4) is 11.6 Å². The largest absolute Gasteiger partial charge is 0.461 e. The molecule has 0 saturated carbocycles. The highest BCUT2D eigenvalue weighted by molar-refractivity contribution is 5.45. The third-order valence-corrected chi connectivity index (χ3v) is 2.33. The molecule has 2 aromatic heterocycles. The number of nitrogens with zero attached hydrogens (tertiary/aromatic N) is 2. The number of aromatic nitrogens is 2.